The smallest absolute Gasteiger partial charge is 0.229 e. The van der Waals surface area contributed by atoms with E-state index >= 15 is 0 Å². The summed E-state index contributed by atoms with van der Waals surface area (Å²) in [6.45, 7) is 1.43. The predicted octanol–water partition coefficient (Wildman–Crippen LogP) is 2.69. The molecule has 1 aromatic carbocycles. The molecular weight excluding hydrogens is 342 g/mol. The third-order valence-electron chi connectivity index (χ3n) is 3.71. The van der Waals surface area contributed by atoms with Crippen molar-refractivity contribution in [3.8, 4) is 0 Å². The van der Waals surface area contributed by atoms with E-state index in [-0.39, 0.29) is 12.2 Å². The van der Waals surface area contributed by atoms with E-state index in [1.807, 2.05) is 0 Å². The Hall–Kier alpha value is -3.07. The van der Waals surface area contributed by atoms with E-state index in [0.717, 1.165) is 11.6 Å². The fourth-order valence-corrected chi connectivity index (χ4v) is 2.44. The van der Waals surface area contributed by atoms with Crippen molar-refractivity contribution >= 4 is 17.5 Å². The Balaban J connectivity index is 1.84. The van der Waals surface area contributed by atoms with E-state index in [2.05, 4.69) is 25.7 Å². The molecule has 3 rings (SSSR count). The van der Waals surface area contributed by atoms with E-state index in [9.17, 15) is 13.9 Å². The van der Waals surface area contributed by atoms with Crippen LogP contribution in [0.3, 0.4) is 0 Å². The number of hydrogen-bond donors (Lipinski definition) is 3. The average Bonchev–Trinajstić information content (AvgIpc) is 2.99. The number of aliphatic hydroxyl groups is 1. The van der Waals surface area contributed by atoms with Crippen LogP contribution in [0.2, 0.25) is 0 Å². The van der Waals surface area contributed by atoms with Crippen LogP contribution >= 0.6 is 0 Å². The molecule has 2 aromatic heterocycles. The number of rotatable bonds is 6. The minimum Gasteiger partial charge on any atom is -0.394 e. The number of nitrogens with one attached hydrogen (secondary N) is 2. The fraction of sp³-hybridized carbons (Fsp3) is 0.235. The van der Waals surface area contributed by atoms with Crippen LogP contribution in [0.25, 0.3) is 0 Å². The summed E-state index contributed by atoms with van der Waals surface area (Å²) in [5.41, 5.74) is 1.72. The molecule has 0 aliphatic rings. The van der Waals surface area contributed by atoms with Crippen molar-refractivity contribution in [1.82, 2.24) is 19.7 Å². The van der Waals surface area contributed by atoms with Crippen LogP contribution in [0, 0.1) is 18.6 Å². The van der Waals surface area contributed by atoms with Crippen LogP contribution in [0.15, 0.2) is 36.8 Å². The molecule has 0 fully saturated rings. The van der Waals surface area contributed by atoms with Gasteiger partial charge in [-0.2, -0.15) is 10.1 Å². The normalized spacial score (nSPS) is 12.0. The van der Waals surface area contributed by atoms with Gasteiger partial charge in [0.2, 0.25) is 5.95 Å². The highest BCUT2D eigenvalue weighted by molar-refractivity contribution is 5.55. The highest BCUT2D eigenvalue weighted by Crippen LogP contribution is 2.23. The van der Waals surface area contributed by atoms with E-state index in [1.54, 1.807) is 37.2 Å². The van der Waals surface area contributed by atoms with Crippen LogP contribution in [0.1, 0.15) is 17.2 Å². The first-order valence-corrected chi connectivity index (χ1v) is 7.87. The Kier molecular flexibility index (Phi) is 5.08. The van der Waals surface area contributed by atoms with Crippen LogP contribution in [0.5, 0.6) is 0 Å². The molecule has 0 aliphatic heterocycles. The second-order valence-corrected chi connectivity index (χ2v) is 5.84. The standard InChI is InChI=1S/C17H18F2N6O/c1-10-6-20-17(22-14-7-21-25(2)8-14)24-16(10)23-15(9-26)11-3-12(18)5-13(19)4-11/h3-8,15,26H,9H2,1-2H3,(H2,20,22,23,24)/t15-/m1/s1. The number of aliphatic hydroxyl groups excluding tert-OH is 1. The van der Waals surface area contributed by atoms with Gasteiger partial charge in [-0.1, -0.05) is 0 Å². The average molecular weight is 360 g/mol. The largest absolute Gasteiger partial charge is 0.394 e. The van der Waals surface area contributed by atoms with Gasteiger partial charge in [-0.25, -0.2) is 13.8 Å². The first kappa shape index (κ1) is 17.7. The Labute approximate surface area is 148 Å². The molecule has 0 radical (unpaired) electrons. The zero-order valence-electron chi connectivity index (χ0n) is 14.2. The zero-order chi connectivity index (χ0) is 18.7. The molecule has 9 heteroatoms. The molecule has 3 N–H and O–H groups in total. The van der Waals surface area contributed by atoms with Crippen LogP contribution < -0.4 is 10.6 Å². The number of aryl methyl sites for hydroxylation is 2. The molecule has 0 saturated carbocycles. The third kappa shape index (κ3) is 4.12. The molecule has 0 amide bonds. The van der Waals surface area contributed by atoms with Crippen molar-refractivity contribution in [3.05, 3.63) is 59.6 Å². The highest BCUT2D eigenvalue weighted by atomic mass is 19.1. The van der Waals surface area contributed by atoms with Crippen LogP contribution in [-0.4, -0.2) is 31.5 Å². The van der Waals surface area contributed by atoms with E-state index in [4.69, 9.17) is 0 Å². The van der Waals surface area contributed by atoms with Gasteiger partial charge < -0.3 is 15.7 Å². The van der Waals surface area contributed by atoms with Gasteiger partial charge in [-0.3, -0.25) is 4.68 Å². The second-order valence-electron chi connectivity index (χ2n) is 5.84. The van der Waals surface area contributed by atoms with Gasteiger partial charge in [0.05, 0.1) is 24.5 Å². The van der Waals surface area contributed by atoms with Gasteiger partial charge in [-0.15, -0.1) is 0 Å². The van der Waals surface area contributed by atoms with Crippen molar-refractivity contribution < 1.29 is 13.9 Å². The zero-order valence-corrected chi connectivity index (χ0v) is 14.2. The number of nitrogens with zero attached hydrogens (tertiary/aromatic N) is 4. The van der Waals surface area contributed by atoms with Gasteiger partial charge >= 0.3 is 0 Å². The fourth-order valence-electron chi connectivity index (χ4n) is 2.44. The van der Waals surface area contributed by atoms with E-state index in [0.29, 0.717) is 17.5 Å². The molecule has 0 bridgehead atoms. The molecule has 0 spiro atoms. The first-order valence-electron chi connectivity index (χ1n) is 7.87. The van der Waals surface area contributed by atoms with E-state index < -0.39 is 17.7 Å². The lowest BCUT2D eigenvalue weighted by Crippen LogP contribution is -2.17. The summed E-state index contributed by atoms with van der Waals surface area (Å²) < 4.78 is 28.6. The molecule has 26 heavy (non-hydrogen) atoms. The monoisotopic (exact) mass is 360 g/mol. The van der Waals surface area contributed by atoms with Crippen molar-refractivity contribution in [3.63, 3.8) is 0 Å². The molecule has 7 nitrogen and oxygen atoms in total. The quantitative estimate of drug-likeness (QED) is 0.626. The maximum Gasteiger partial charge on any atom is 0.229 e. The maximum atomic E-state index is 13.5. The summed E-state index contributed by atoms with van der Waals surface area (Å²) in [7, 11) is 1.79. The number of hydrogen-bond acceptors (Lipinski definition) is 6. The number of halogens is 2. The lowest BCUT2D eigenvalue weighted by molar-refractivity contribution is 0.275. The van der Waals surface area contributed by atoms with Gasteiger partial charge in [0.1, 0.15) is 17.5 Å². The molecule has 1 atom stereocenters. The summed E-state index contributed by atoms with van der Waals surface area (Å²) in [5, 5.41) is 19.7. The topological polar surface area (TPSA) is 87.9 Å². The van der Waals surface area contributed by atoms with Gasteiger partial charge in [0.15, 0.2) is 0 Å². The van der Waals surface area contributed by atoms with Crippen LogP contribution in [-0.2, 0) is 7.05 Å². The van der Waals surface area contributed by atoms with Gasteiger partial charge in [0.25, 0.3) is 0 Å². The summed E-state index contributed by atoms with van der Waals surface area (Å²) in [6.07, 6.45) is 5.00. The SMILES string of the molecule is Cc1cnc(Nc2cnn(C)c2)nc1N[C@H](CO)c1cc(F)cc(F)c1. The summed E-state index contributed by atoms with van der Waals surface area (Å²) in [5.74, 6) is -0.652. The van der Waals surface area contributed by atoms with Crippen molar-refractivity contribution in [2.75, 3.05) is 17.2 Å². The van der Waals surface area contributed by atoms with Crippen LogP contribution in [0.4, 0.5) is 26.2 Å². The minimum atomic E-state index is -0.722. The Bertz CT molecular complexity index is 894. The Morgan fingerprint density at radius 2 is 1.92 bits per heavy atom. The number of benzene rings is 1. The molecular formula is C17H18F2N6O. The first-order chi connectivity index (χ1) is 12.4. The molecule has 3 aromatic rings. The lowest BCUT2D eigenvalue weighted by Gasteiger charge is -2.19. The van der Waals surface area contributed by atoms with Crippen molar-refractivity contribution in [2.24, 2.45) is 7.05 Å². The molecule has 2 heterocycles. The van der Waals surface area contributed by atoms with Gasteiger partial charge in [-0.05, 0) is 24.6 Å². The van der Waals surface area contributed by atoms with Crippen molar-refractivity contribution in [1.29, 1.82) is 0 Å². The molecule has 0 saturated heterocycles. The number of anilines is 3. The lowest BCUT2D eigenvalue weighted by atomic mass is 10.1. The summed E-state index contributed by atoms with van der Waals surface area (Å²) in [6, 6.07) is 2.40. The Morgan fingerprint density at radius 1 is 1.19 bits per heavy atom. The van der Waals surface area contributed by atoms with E-state index in [1.165, 1.54) is 12.1 Å². The summed E-state index contributed by atoms with van der Waals surface area (Å²) >= 11 is 0. The number of aromatic nitrogens is 4. The third-order valence-corrected chi connectivity index (χ3v) is 3.71. The predicted molar refractivity (Wildman–Crippen MR) is 93.1 cm³/mol. The Morgan fingerprint density at radius 3 is 2.54 bits per heavy atom. The minimum absolute atomic E-state index is 0.282. The molecule has 136 valence electrons. The second kappa shape index (κ2) is 7.44. The molecule has 0 aliphatic carbocycles. The van der Waals surface area contributed by atoms with Gasteiger partial charge in [0, 0.05) is 31.1 Å². The van der Waals surface area contributed by atoms with Crippen molar-refractivity contribution in [2.45, 2.75) is 13.0 Å². The summed E-state index contributed by atoms with van der Waals surface area (Å²) in [4.78, 5) is 8.56. The maximum absolute atomic E-state index is 13.5. The highest BCUT2D eigenvalue weighted by Gasteiger charge is 2.15. The molecule has 0 unspecified atom stereocenters.